The monoisotopic (exact) mass is 242 g/mol. The van der Waals surface area contributed by atoms with Crippen molar-refractivity contribution in [1.82, 2.24) is 9.97 Å². The standard InChI is InChI=1S/C14H18N4/c1-11-7-14(17-10-16-11)18(2)9-13-6-4-3-5-12(13)8-15/h3-7,10H,8-9,15H2,1-2H3. The van der Waals surface area contributed by atoms with Gasteiger partial charge in [0.25, 0.3) is 0 Å². The molecule has 0 spiro atoms. The number of nitrogens with zero attached hydrogens (tertiary/aromatic N) is 3. The molecule has 0 saturated carbocycles. The van der Waals surface area contributed by atoms with E-state index in [9.17, 15) is 0 Å². The van der Waals surface area contributed by atoms with Gasteiger partial charge in [-0.05, 0) is 18.1 Å². The number of aryl methyl sites for hydroxylation is 1. The Labute approximate surface area is 107 Å². The number of nitrogens with two attached hydrogens (primary N) is 1. The second-order valence-corrected chi connectivity index (χ2v) is 4.35. The molecule has 0 amide bonds. The lowest BCUT2D eigenvalue weighted by atomic mass is 10.1. The van der Waals surface area contributed by atoms with E-state index in [1.807, 2.05) is 32.2 Å². The van der Waals surface area contributed by atoms with E-state index in [1.54, 1.807) is 6.33 Å². The van der Waals surface area contributed by atoms with Crippen molar-refractivity contribution < 1.29 is 0 Å². The minimum Gasteiger partial charge on any atom is -0.355 e. The normalized spacial score (nSPS) is 10.4. The highest BCUT2D eigenvalue weighted by Crippen LogP contribution is 2.15. The zero-order chi connectivity index (χ0) is 13.0. The Bertz CT molecular complexity index is 525. The topological polar surface area (TPSA) is 55.0 Å². The lowest BCUT2D eigenvalue weighted by molar-refractivity contribution is 0.867. The molecular weight excluding hydrogens is 224 g/mol. The van der Waals surface area contributed by atoms with Crippen LogP contribution >= 0.6 is 0 Å². The van der Waals surface area contributed by atoms with Crippen LogP contribution in [0, 0.1) is 6.92 Å². The van der Waals surface area contributed by atoms with Crippen LogP contribution in [-0.2, 0) is 13.1 Å². The Morgan fingerprint density at radius 3 is 2.56 bits per heavy atom. The molecule has 2 N–H and O–H groups in total. The summed E-state index contributed by atoms with van der Waals surface area (Å²) in [5.74, 6) is 0.925. The zero-order valence-corrected chi connectivity index (χ0v) is 10.8. The Hall–Kier alpha value is -1.94. The van der Waals surface area contributed by atoms with Crippen molar-refractivity contribution in [2.75, 3.05) is 11.9 Å². The van der Waals surface area contributed by atoms with Crippen molar-refractivity contribution in [3.63, 3.8) is 0 Å². The van der Waals surface area contributed by atoms with Gasteiger partial charge < -0.3 is 10.6 Å². The van der Waals surface area contributed by atoms with E-state index in [0.29, 0.717) is 6.54 Å². The van der Waals surface area contributed by atoms with Gasteiger partial charge >= 0.3 is 0 Å². The minimum atomic E-state index is 0.562. The van der Waals surface area contributed by atoms with Crippen LogP contribution in [0.2, 0.25) is 0 Å². The molecule has 94 valence electrons. The number of hydrogen-bond acceptors (Lipinski definition) is 4. The van der Waals surface area contributed by atoms with Crippen molar-refractivity contribution in [3.8, 4) is 0 Å². The molecule has 2 aromatic rings. The van der Waals surface area contributed by atoms with Gasteiger partial charge in [-0.15, -0.1) is 0 Å². The fourth-order valence-corrected chi connectivity index (χ4v) is 1.90. The molecule has 0 unspecified atom stereocenters. The van der Waals surface area contributed by atoms with Crippen molar-refractivity contribution in [1.29, 1.82) is 0 Å². The van der Waals surface area contributed by atoms with Crippen LogP contribution in [0.25, 0.3) is 0 Å². The average Bonchev–Trinajstić information content (AvgIpc) is 2.39. The number of anilines is 1. The molecule has 4 heteroatoms. The molecule has 0 aliphatic rings. The summed E-state index contributed by atoms with van der Waals surface area (Å²) in [5.41, 5.74) is 9.13. The molecule has 4 nitrogen and oxygen atoms in total. The second-order valence-electron chi connectivity index (χ2n) is 4.35. The van der Waals surface area contributed by atoms with Gasteiger partial charge in [-0.2, -0.15) is 0 Å². The first-order chi connectivity index (χ1) is 8.70. The predicted octanol–water partition coefficient (Wildman–Crippen LogP) is 1.88. The molecule has 1 aromatic carbocycles. The fourth-order valence-electron chi connectivity index (χ4n) is 1.90. The van der Waals surface area contributed by atoms with Crippen LogP contribution in [0.3, 0.4) is 0 Å². The van der Waals surface area contributed by atoms with E-state index in [0.717, 1.165) is 18.1 Å². The molecule has 0 aliphatic heterocycles. The molecule has 0 atom stereocenters. The SMILES string of the molecule is Cc1cc(N(C)Cc2ccccc2CN)ncn1. The first kappa shape index (κ1) is 12.5. The molecule has 0 aliphatic carbocycles. The Balaban J connectivity index is 2.18. The Morgan fingerprint density at radius 2 is 1.89 bits per heavy atom. The third-order valence-electron chi connectivity index (χ3n) is 2.93. The lowest BCUT2D eigenvalue weighted by Gasteiger charge is -2.19. The number of benzene rings is 1. The van der Waals surface area contributed by atoms with Gasteiger partial charge in [0.1, 0.15) is 12.1 Å². The molecule has 1 heterocycles. The smallest absolute Gasteiger partial charge is 0.132 e. The molecule has 2 rings (SSSR count). The predicted molar refractivity (Wildman–Crippen MR) is 73.2 cm³/mol. The third-order valence-corrected chi connectivity index (χ3v) is 2.93. The second kappa shape index (κ2) is 5.60. The fraction of sp³-hybridized carbons (Fsp3) is 0.286. The van der Waals surface area contributed by atoms with Crippen LogP contribution in [0.1, 0.15) is 16.8 Å². The Morgan fingerprint density at radius 1 is 1.17 bits per heavy atom. The molecule has 0 fully saturated rings. The summed E-state index contributed by atoms with van der Waals surface area (Å²) >= 11 is 0. The van der Waals surface area contributed by atoms with E-state index in [2.05, 4.69) is 27.0 Å². The quantitative estimate of drug-likeness (QED) is 0.889. The maximum Gasteiger partial charge on any atom is 0.132 e. The van der Waals surface area contributed by atoms with Gasteiger partial charge in [0.15, 0.2) is 0 Å². The summed E-state index contributed by atoms with van der Waals surface area (Å²) < 4.78 is 0. The van der Waals surface area contributed by atoms with E-state index in [-0.39, 0.29) is 0 Å². The van der Waals surface area contributed by atoms with Gasteiger partial charge in [-0.3, -0.25) is 0 Å². The highest BCUT2D eigenvalue weighted by Gasteiger charge is 2.06. The van der Waals surface area contributed by atoms with Crippen LogP contribution < -0.4 is 10.6 Å². The van der Waals surface area contributed by atoms with Crippen LogP contribution in [0.15, 0.2) is 36.7 Å². The molecule has 0 bridgehead atoms. The molecule has 1 aromatic heterocycles. The maximum atomic E-state index is 5.75. The largest absolute Gasteiger partial charge is 0.355 e. The highest BCUT2D eigenvalue weighted by atomic mass is 15.2. The average molecular weight is 242 g/mol. The number of aromatic nitrogens is 2. The summed E-state index contributed by atoms with van der Waals surface area (Å²) in [6, 6.07) is 10.2. The first-order valence-electron chi connectivity index (χ1n) is 5.97. The van der Waals surface area contributed by atoms with E-state index in [4.69, 9.17) is 5.73 Å². The summed E-state index contributed by atoms with van der Waals surface area (Å²) in [5, 5.41) is 0. The summed E-state index contributed by atoms with van der Waals surface area (Å²) in [7, 11) is 2.02. The van der Waals surface area contributed by atoms with Gasteiger partial charge in [0, 0.05) is 31.9 Å². The van der Waals surface area contributed by atoms with E-state index < -0.39 is 0 Å². The van der Waals surface area contributed by atoms with Gasteiger partial charge in [-0.25, -0.2) is 9.97 Å². The summed E-state index contributed by atoms with van der Waals surface area (Å²) in [6.07, 6.45) is 1.59. The van der Waals surface area contributed by atoms with Crippen LogP contribution in [0.5, 0.6) is 0 Å². The molecule has 0 saturated heterocycles. The summed E-state index contributed by atoms with van der Waals surface area (Å²) in [4.78, 5) is 10.5. The van der Waals surface area contributed by atoms with Crippen molar-refractivity contribution in [3.05, 3.63) is 53.5 Å². The minimum absolute atomic E-state index is 0.562. The van der Waals surface area contributed by atoms with Gasteiger partial charge in [0.2, 0.25) is 0 Å². The number of rotatable bonds is 4. The Kier molecular flexibility index (Phi) is 3.89. The number of hydrogen-bond donors (Lipinski definition) is 1. The van der Waals surface area contributed by atoms with E-state index >= 15 is 0 Å². The van der Waals surface area contributed by atoms with Crippen molar-refractivity contribution in [2.45, 2.75) is 20.0 Å². The third kappa shape index (κ3) is 2.84. The lowest BCUT2D eigenvalue weighted by Crippen LogP contribution is -2.19. The maximum absolute atomic E-state index is 5.75. The highest BCUT2D eigenvalue weighted by molar-refractivity contribution is 5.40. The summed E-state index contributed by atoms with van der Waals surface area (Å²) in [6.45, 7) is 3.32. The van der Waals surface area contributed by atoms with Crippen LogP contribution in [0.4, 0.5) is 5.82 Å². The van der Waals surface area contributed by atoms with Gasteiger partial charge in [0.05, 0.1) is 0 Å². The molecular formula is C14H18N4. The van der Waals surface area contributed by atoms with E-state index in [1.165, 1.54) is 11.1 Å². The first-order valence-corrected chi connectivity index (χ1v) is 5.97. The van der Waals surface area contributed by atoms with Gasteiger partial charge in [-0.1, -0.05) is 24.3 Å². The molecule has 0 radical (unpaired) electrons. The molecule has 18 heavy (non-hydrogen) atoms. The van der Waals surface area contributed by atoms with Crippen molar-refractivity contribution >= 4 is 5.82 Å². The van der Waals surface area contributed by atoms with Crippen molar-refractivity contribution in [2.24, 2.45) is 5.73 Å². The zero-order valence-electron chi connectivity index (χ0n) is 10.8. The van der Waals surface area contributed by atoms with Crippen LogP contribution in [-0.4, -0.2) is 17.0 Å².